The van der Waals surface area contributed by atoms with Crippen LogP contribution in [0.4, 0.5) is 4.39 Å². The second-order valence-electron chi connectivity index (χ2n) is 7.82. The topological polar surface area (TPSA) is 58.9 Å². The fourth-order valence-corrected chi connectivity index (χ4v) is 4.34. The zero-order chi connectivity index (χ0) is 22.0. The highest BCUT2D eigenvalue weighted by Gasteiger charge is 2.38. The highest BCUT2D eigenvalue weighted by molar-refractivity contribution is 5.91. The molecule has 1 unspecified atom stereocenters. The van der Waals surface area contributed by atoms with Gasteiger partial charge >= 0.3 is 0 Å². The van der Waals surface area contributed by atoms with Gasteiger partial charge in [0, 0.05) is 37.1 Å². The van der Waals surface area contributed by atoms with Crippen LogP contribution in [-0.4, -0.2) is 37.4 Å². The van der Waals surface area contributed by atoms with Crippen LogP contribution in [-0.2, 0) is 7.05 Å². The van der Waals surface area contributed by atoms with E-state index in [1.807, 2.05) is 45.6 Å². The molecular weight excluding hydrogens is 391 g/mol. The average Bonchev–Trinajstić information content (AvgIpc) is 3.41. The molecular formula is C24H29FN6. The van der Waals surface area contributed by atoms with Crippen molar-refractivity contribution in [2.24, 2.45) is 13.0 Å². The second-order valence-corrected chi connectivity index (χ2v) is 7.82. The summed E-state index contributed by atoms with van der Waals surface area (Å²) in [6, 6.07) is 7.33. The van der Waals surface area contributed by atoms with Crippen molar-refractivity contribution in [1.29, 1.82) is 0 Å². The Bertz CT molecular complexity index is 1070. The van der Waals surface area contributed by atoms with E-state index in [0.29, 0.717) is 5.92 Å². The number of aryl methyl sites for hydroxylation is 1. The van der Waals surface area contributed by atoms with Gasteiger partial charge < -0.3 is 10.2 Å². The molecule has 0 amide bonds. The molecule has 3 aromatic rings. The van der Waals surface area contributed by atoms with Crippen molar-refractivity contribution < 1.29 is 4.39 Å². The molecule has 5 rings (SSSR count). The van der Waals surface area contributed by atoms with E-state index in [9.17, 15) is 4.39 Å². The number of halogens is 1. The molecule has 2 aliphatic rings. The van der Waals surface area contributed by atoms with Crippen molar-refractivity contribution in [1.82, 2.24) is 30.0 Å². The molecule has 0 spiro atoms. The van der Waals surface area contributed by atoms with Crippen LogP contribution in [0.2, 0.25) is 0 Å². The van der Waals surface area contributed by atoms with Crippen molar-refractivity contribution >= 4 is 11.4 Å². The Hall–Kier alpha value is -3.22. The summed E-state index contributed by atoms with van der Waals surface area (Å²) in [5, 5.41) is 7.94. The van der Waals surface area contributed by atoms with Gasteiger partial charge in [-0.1, -0.05) is 20.8 Å². The van der Waals surface area contributed by atoms with Crippen molar-refractivity contribution in [3.63, 3.8) is 0 Å². The minimum atomic E-state index is -0.331. The van der Waals surface area contributed by atoms with Crippen LogP contribution in [0.15, 0.2) is 49.1 Å². The molecule has 2 atom stereocenters. The standard InChI is InChI=1S/C22H23FN6.C2H6/c1-14-4-3-9-29-21(20(27-22(14)29)18-6-5-17(23)12-25-18)15-7-8-24-19(10-15)16-11-26-28(2)13-16;1-2/h5-8,10-14,22,27H,3-4,9H2,1-2H3;1-2H3/t14-,22?;/m0./s1. The lowest BCUT2D eigenvalue weighted by atomic mass is 9.96. The largest absolute Gasteiger partial charge is 0.361 e. The Balaban J connectivity index is 0.00000112. The summed E-state index contributed by atoms with van der Waals surface area (Å²) in [5.41, 5.74) is 5.74. The molecule has 162 valence electrons. The van der Waals surface area contributed by atoms with E-state index in [-0.39, 0.29) is 12.0 Å². The van der Waals surface area contributed by atoms with Crippen molar-refractivity contribution in [3.05, 3.63) is 66.1 Å². The van der Waals surface area contributed by atoms with Crippen LogP contribution in [0.3, 0.4) is 0 Å². The number of nitrogens with zero attached hydrogens (tertiary/aromatic N) is 5. The van der Waals surface area contributed by atoms with E-state index in [1.54, 1.807) is 10.7 Å². The van der Waals surface area contributed by atoms with Crippen molar-refractivity contribution in [3.8, 4) is 11.3 Å². The Morgan fingerprint density at radius 3 is 2.61 bits per heavy atom. The first-order chi connectivity index (χ1) is 15.1. The maximum absolute atomic E-state index is 13.5. The smallest absolute Gasteiger partial charge is 0.141 e. The third-order valence-electron chi connectivity index (χ3n) is 5.77. The maximum atomic E-state index is 13.5. The molecule has 5 heterocycles. The third kappa shape index (κ3) is 4.04. The first-order valence-electron chi connectivity index (χ1n) is 10.9. The minimum absolute atomic E-state index is 0.218. The Labute approximate surface area is 182 Å². The summed E-state index contributed by atoms with van der Waals surface area (Å²) in [7, 11) is 1.90. The van der Waals surface area contributed by atoms with E-state index in [0.717, 1.165) is 46.9 Å². The highest BCUT2D eigenvalue weighted by Crippen LogP contribution is 2.40. The van der Waals surface area contributed by atoms with Crippen molar-refractivity contribution in [2.75, 3.05) is 6.54 Å². The van der Waals surface area contributed by atoms with E-state index in [4.69, 9.17) is 0 Å². The lowest BCUT2D eigenvalue weighted by Crippen LogP contribution is -2.45. The molecule has 1 fully saturated rings. The van der Waals surface area contributed by atoms with Gasteiger partial charge in [-0.15, -0.1) is 0 Å². The minimum Gasteiger partial charge on any atom is -0.361 e. The SMILES string of the molecule is CC.C[C@H]1CCCN2C(c3ccnc(-c4cnn(C)c4)c3)=C(c3ccc(F)cn3)NC12. The number of rotatable bonds is 3. The Morgan fingerprint density at radius 1 is 1.06 bits per heavy atom. The molecule has 3 aromatic heterocycles. The van der Waals surface area contributed by atoms with Gasteiger partial charge in [0.15, 0.2) is 0 Å². The molecule has 31 heavy (non-hydrogen) atoms. The van der Waals surface area contributed by atoms with Gasteiger partial charge in [0.1, 0.15) is 12.0 Å². The van der Waals surface area contributed by atoms with E-state index in [1.165, 1.54) is 18.7 Å². The molecule has 0 aromatic carbocycles. The number of nitrogens with one attached hydrogen (secondary N) is 1. The zero-order valence-electron chi connectivity index (χ0n) is 18.5. The van der Waals surface area contributed by atoms with Gasteiger partial charge in [-0.25, -0.2) is 4.39 Å². The van der Waals surface area contributed by atoms with Crippen LogP contribution in [0.25, 0.3) is 22.7 Å². The molecule has 0 radical (unpaired) electrons. The third-order valence-corrected chi connectivity index (χ3v) is 5.77. The summed E-state index contributed by atoms with van der Waals surface area (Å²) >= 11 is 0. The fourth-order valence-electron chi connectivity index (χ4n) is 4.34. The molecule has 0 aliphatic carbocycles. The van der Waals surface area contributed by atoms with Crippen LogP contribution < -0.4 is 5.32 Å². The molecule has 0 bridgehead atoms. The maximum Gasteiger partial charge on any atom is 0.141 e. The quantitative estimate of drug-likeness (QED) is 0.675. The number of piperidine rings is 1. The van der Waals surface area contributed by atoms with Crippen molar-refractivity contribution in [2.45, 2.75) is 39.8 Å². The van der Waals surface area contributed by atoms with Crippen LogP contribution >= 0.6 is 0 Å². The van der Waals surface area contributed by atoms with Crippen LogP contribution in [0.1, 0.15) is 44.9 Å². The highest BCUT2D eigenvalue weighted by atomic mass is 19.1. The average molecular weight is 421 g/mol. The van der Waals surface area contributed by atoms with Gasteiger partial charge in [-0.2, -0.15) is 5.10 Å². The molecule has 1 saturated heterocycles. The van der Waals surface area contributed by atoms with Gasteiger partial charge in [0.2, 0.25) is 0 Å². The van der Waals surface area contributed by atoms with E-state index < -0.39 is 0 Å². The number of aromatic nitrogens is 4. The lowest BCUT2D eigenvalue weighted by Gasteiger charge is -2.37. The predicted molar refractivity (Wildman–Crippen MR) is 121 cm³/mol. The first-order valence-corrected chi connectivity index (χ1v) is 10.9. The first kappa shape index (κ1) is 21.0. The van der Waals surface area contributed by atoms with E-state index in [2.05, 4.69) is 38.3 Å². The lowest BCUT2D eigenvalue weighted by molar-refractivity contribution is 0.164. The molecule has 0 saturated carbocycles. The van der Waals surface area contributed by atoms with Gasteiger partial charge in [-0.3, -0.25) is 14.6 Å². The molecule has 2 aliphatic heterocycles. The van der Waals surface area contributed by atoms with E-state index >= 15 is 0 Å². The zero-order valence-corrected chi connectivity index (χ0v) is 18.5. The van der Waals surface area contributed by atoms with Gasteiger partial charge in [0.05, 0.1) is 35.2 Å². The summed E-state index contributed by atoms with van der Waals surface area (Å²) in [5.74, 6) is 0.180. The predicted octanol–water partition coefficient (Wildman–Crippen LogP) is 4.53. The molecule has 6 nitrogen and oxygen atoms in total. The fraction of sp³-hybridized carbons (Fsp3) is 0.375. The summed E-state index contributed by atoms with van der Waals surface area (Å²) in [6.45, 7) is 7.25. The summed E-state index contributed by atoms with van der Waals surface area (Å²) < 4.78 is 15.2. The summed E-state index contributed by atoms with van der Waals surface area (Å²) in [4.78, 5) is 11.3. The second kappa shape index (κ2) is 8.88. The normalized spacial score (nSPS) is 20.1. The number of fused-ring (bicyclic) bond motifs is 1. The van der Waals surface area contributed by atoms with Crippen LogP contribution in [0.5, 0.6) is 0 Å². The summed E-state index contributed by atoms with van der Waals surface area (Å²) in [6.07, 6.45) is 9.44. The van der Waals surface area contributed by atoms with Gasteiger partial charge in [0.25, 0.3) is 0 Å². The Kier molecular flexibility index (Phi) is 6.02. The molecule has 1 N–H and O–H groups in total. The number of hydrogen-bond acceptors (Lipinski definition) is 5. The monoisotopic (exact) mass is 420 g/mol. The molecule has 7 heteroatoms. The number of hydrogen-bond donors (Lipinski definition) is 1. The Morgan fingerprint density at radius 2 is 1.90 bits per heavy atom. The van der Waals surface area contributed by atoms with Gasteiger partial charge in [-0.05, 0) is 43.0 Å². The number of pyridine rings is 2. The van der Waals surface area contributed by atoms with Crippen LogP contribution in [0, 0.1) is 11.7 Å².